The van der Waals surface area contributed by atoms with Crippen LogP contribution in [0.1, 0.15) is 29.8 Å². The fourth-order valence-electron chi connectivity index (χ4n) is 2.68. The number of likely N-dealkylation sites (N-methyl/N-ethyl adjacent to an activating group) is 1. The molecule has 0 aromatic heterocycles. The van der Waals surface area contributed by atoms with Gasteiger partial charge >= 0.3 is 0 Å². The van der Waals surface area contributed by atoms with E-state index in [1.807, 2.05) is 6.92 Å². The topological polar surface area (TPSA) is 78.7 Å². The molecule has 0 atom stereocenters. The molecule has 1 fully saturated rings. The number of carbonyl (C=O) groups excluding carboxylic acids is 2. The lowest BCUT2D eigenvalue weighted by molar-refractivity contribution is -0.144. The predicted molar refractivity (Wildman–Crippen MR) is 81.7 cm³/mol. The molecule has 1 aromatic carbocycles. The van der Waals surface area contributed by atoms with Crippen molar-refractivity contribution >= 4 is 17.5 Å². The zero-order valence-electron chi connectivity index (χ0n) is 12.9. The summed E-state index contributed by atoms with van der Waals surface area (Å²) in [6.07, 6.45) is 0. The first kappa shape index (κ1) is 15.3. The Kier molecular flexibility index (Phi) is 3.91. The fourth-order valence-corrected chi connectivity index (χ4v) is 2.68. The molecule has 6 nitrogen and oxygen atoms in total. The quantitative estimate of drug-likeness (QED) is 0.628. The standard InChI is InChI=1S/C15H22N4O2/c1-10-9-11(5-6-12(10)17-16)13(20)19-8-7-18(4)14(21)15(19,2)3/h5-6,9,17H,7-8,16H2,1-4H3. The van der Waals surface area contributed by atoms with E-state index < -0.39 is 5.54 Å². The molecule has 6 heteroatoms. The van der Waals surface area contributed by atoms with Crippen molar-refractivity contribution < 1.29 is 9.59 Å². The number of amides is 2. The summed E-state index contributed by atoms with van der Waals surface area (Å²) in [6.45, 7) is 6.53. The number of nitrogens with zero attached hydrogens (tertiary/aromatic N) is 2. The summed E-state index contributed by atoms with van der Waals surface area (Å²) in [4.78, 5) is 28.3. The van der Waals surface area contributed by atoms with Gasteiger partial charge in [-0.05, 0) is 44.5 Å². The maximum atomic E-state index is 12.7. The second-order valence-electron chi connectivity index (χ2n) is 5.92. The Morgan fingerprint density at radius 3 is 2.57 bits per heavy atom. The monoisotopic (exact) mass is 290 g/mol. The molecular formula is C15H22N4O2. The predicted octanol–water partition coefficient (Wildman–Crippen LogP) is 0.973. The first-order chi connectivity index (χ1) is 9.78. The summed E-state index contributed by atoms with van der Waals surface area (Å²) < 4.78 is 0. The van der Waals surface area contributed by atoms with Gasteiger partial charge in [-0.1, -0.05) is 0 Å². The summed E-state index contributed by atoms with van der Waals surface area (Å²) in [5, 5.41) is 0. The van der Waals surface area contributed by atoms with Gasteiger partial charge in [0.05, 0.1) is 5.69 Å². The number of hydrogen-bond donors (Lipinski definition) is 2. The average Bonchev–Trinajstić information content (AvgIpc) is 2.44. The van der Waals surface area contributed by atoms with Gasteiger partial charge in [0.25, 0.3) is 5.91 Å². The van der Waals surface area contributed by atoms with Crippen molar-refractivity contribution in [1.29, 1.82) is 0 Å². The smallest absolute Gasteiger partial charge is 0.254 e. The number of piperazine rings is 1. The summed E-state index contributed by atoms with van der Waals surface area (Å²) in [6, 6.07) is 5.28. The Balaban J connectivity index is 2.31. The van der Waals surface area contributed by atoms with Crippen LogP contribution in [0.4, 0.5) is 5.69 Å². The van der Waals surface area contributed by atoms with Gasteiger partial charge in [0, 0.05) is 25.7 Å². The molecule has 0 spiro atoms. The van der Waals surface area contributed by atoms with Gasteiger partial charge < -0.3 is 15.2 Å². The van der Waals surface area contributed by atoms with E-state index in [9.17, 15) is 9.59 Å². The minimum absolute atomic E-state index is 0.0425. The number of carbonyl (C=O) groups is 2. The van der Waals surface area contributed by atoms with E-state index in [1.165, 1.54) is 0 Å². The largest absolute Gasteiger partial charge is 0.342 e. The highest BCUT2D eigenvalue weighted by atomic mass is 16.2. The van der Waals surface area contributed by atoms with Crippen LogP contribution in [-0.2, 0) is 4.79 Å². The molecule has 3 N–H and O–H groups in total. The molecule has 114 valence electrons. The molecule has 0 saturated carbocycles. The van der Waals surface area contributed by atoms with Crippen LogP contribution in [-0.4, -0.2) is 47.3 Å². The molecule has 1 aliphatic heterocycles. The lowest BCUT2D eigenvalue weighted by Gasteiger charge is -2.44. The van der Waals surface area contributed by atoms with Gasteiger partial charge in [0.1, 0.15) is 5.54 Å². The van der Waals surface area contributed by atoms with Crippen molar-refractivity contribution in [3.8, 4) is 0 Å². The molecule has 1 aromatic rings. The number of nitrogen functional groups attached to an aromatic ring is 1. The first-order valence-electron chi connectivity index (χ1n) is 6.94. The van der Waals surface area contributed by atoms with Crippen molar-refractivity contribution in [1.82, 2.24) is 9.80 Å². The molecule has 2 rings (SSSR count). The molecule has 1 heterocycles. The van der Waals surface area contributed by atoms with Crippen molar-refractivity contribution in [3.63, 3.8) is 0 Å². The summed E-state index contributed by atoms with van der Waals surface area (Å²) in [5.41, 5.74) is 3.99. The number of rotatable bonds is 2. The van der Waals surface area contributed by atoms with Crippen molar-refractivity contribution in [3.05, 3.63) is 29.3 Å². The van der Waals surface area contributed by atoms with Crippen LogP contribution in [0.3, 0.4) is 0 Å². The molecule has 1 saturated heterocycles. The number of aryl methyl sites for hydroxylation is 1. The molecule has 21 heavy (non-hydrogen) atoms. The van der Waals surface area contributed by atoms with E-state index in [1.54, 1.807) is 48.9 Å². The van der Waals surface area contributed by atoms with Gasteiger partial charge in [-0.25, -0.2) is 0 Å². The molecule has 0 aliphatic carbocycles. The highest BCUT2D eigenvalue weighted by Gasteiger charge is 2.43. The Morgan fingerprint density at radius 2 is 2.00 bits per heavy atom. The van der Waals surface area contributed by atoms with Crippen LogP contribution < -0.4 is 11.3 Å². The minimum Gasteiger partial charge on any atom is -0.342 e. The van der Waals surface area contributed by atoms with Gasteiger partial charge in [0.15, 0.2) is 0 Å². The maximum absolute atomic E-state index is 12.7. The van der Waals surface area contributed by atoms with Crippen LogP contribution >= 0.6 is 0 Å². The lowest BCUT2D eigenvalue weighted by Crippen LogP contribution is -2.63. The van der Waals surface area contributed by atoms with E-state index in [4.69, 9.17) is 5.84 Å². The van der Waals surface area contributed by atoms with Gasteiger partial charge in [-0.15, -0.1) is 0 Å². The molecule has 2 amide bonds. The molecule has 0 unspecified atom stereocenters. The summed E-state index contributed by atoms with van der Waals surface area (Å²) in [5.74, 6) is 5.23. The number of anilines is 1. The SMILES string of the molecule is Cc1cc(C(=O)N2CCN(C)C(=O)C2(C)C)ccc1NN. The second-order valence-corrected chi connectivity index (χ2v) is 5.92. The number of nitrogens with two attached hydrogens (primary N) is 1. The van der Waals surface area contributed by atoms with Crippen LogP contribution in [0.2, 0.25) is 0 Å². The second kappa shape index (κ2) is 5.37. The van der Waals surface area contributed by atoms with Crippen LogP contribution in [0.15, 0.2) is 18.2 Å². The Morgan fingerprint density at radius 1 is 1.33 bits per heavy atom. The Labute approximate surface area is 124 Å². The third kappa shape index (κ3) is 2.58. The molecule has 0 bridgehead atoms. The highest BCUT2D eigenvalue weighted by molar-refractivity contribution is 6.00. The van der Waals surface area contributed by atoms with E-state index in [0.717, 1.165) is 11.3 Å². The number of nitrogens with one attached hydrogen (secondary N) is 1. The van der Waals surface area contributed by atoms with Crippen molar-refractivity contribution in [2.45, 2.75) is 26.3 Å². The van der Waals surface area contributed by atoms with Crippen molar-refractivity contribution in [2.24, 2.45) is 5.84 Å². The van der Waals surface area contributed by atoms with Crippen LogP contribution in [0.25, 0.3) is 0 Å². The lowest BCUT2D eigenvalue weighted by atomic mass is 9.96. The van der Waals surface area contributed by atoms with E-state index in [-0.39, 0.29) is 11.8 Å². The van der Waals surface area contributed by atoms with Gasteiger partial charge in [0.2, 0.25) is 5.91 Å². The maximum Gasteiger partial charge on any atom is 0.254 e. The normalized spacial score (nSPS) is 17.9. The molecule has 0 radical (unpaired) electrons. The number of hydrogen-bond acceptors (Lipinski definition) is 4. The van der Waals surface area contributed by atoms with Gasteiger partial charge in [-0.3, -0.25) is 15.4 Å². The zero-order valence-corrected chi connectivity index (χ0v) is 12.9. The first-order valence-corrected chi connectivity index (χ1v) is 6.94. The minimum atomic E-state index is -0.831. The fraction of sp³-hybridized carbons (Fsp3) is 0.467. The zero-order chi connectivity index (χ0) is 15.8. The van der Waals surface area contributed by atoms with Crippen molar-refractivity contribution in [2.75, 3.05) is 25.6 Å². The van der Waals surface area contributed by atoms with E-state index >= 15 is 0 Å². The van der Waals surface area contributed by atoms with Gasteiger partial charge in [-0.2, -0.15) is 0 Å². The highest BCUT2D eigenvalue weighted by Crippen LogP contribution is 2.25. The molecule has 1 aliphatic rings. The summed E-state index contributed by atoms with van der Waals surface area (Å²) >= 11 is 0. The Hall–Kier alpha value is -2.08. The molecular weight excluding hydrogens is 268 g/mol. The summed E-state index contributed by atoms with van der Waals surface area (Å²) in [7, 11) is 1.76. The number of hydrazine groups is 1. The average molecular weight is 290 g/mol. The van der Waals surface area contributed by atoms with E-state index in [0.29, 0.717) is 18.7 Å². The third-order valence-electron chi connectivity index (χ3n) is 4.08. The Bertz CT molecular complexity index is 583. The van der Waals surface area contributed by atoms with Crippen LogP contribution in [0, 0.1) is 6.92 Å². The number of benzene rings is 1. The van der Waals surface area contributed by atoms with Crippen LogP contribution in [0.5, 0.6) is 0 Å². The third-order valence-corrected chi connectivity index (χ3v) is 4.08. The van der Waals surface area contributed by atoms with E-state index in [2.05, 4.69) is 5.43 Å².